The van der Waals surface area contributed by atoms with E-state index in [1.54, 1.807) is 0 Å². The van der Waals surface area contributed by atoms with Gasteiger partial charge < -0.3 is 10.1 Å². The van der Waals surface area contributed by atoms with Gasteiger partial charge in [0.05, 0.1) is 0 Å². The first-order valence-electron chi connectivity index (χ1n) is 6.62. The molecule has 0 saturated carbocycles. The molecule has 3 heteroatoms. The number of anilines is 1. The Hall–Kier alpha value is -2.29. The van der Waals surface area contributed by atoms with E-state index >= 15 is 0 Å². The highest BCUT2D eigenvalue weighted by atomic mass is 16.5. The average molecular weight is 269 g/mol. The van der Waals surface area contributed by atoms with E-state index in [-0.39, 0.29) is 5.91 Å². The van der Waals surface area contributed by atoms with Gasteiger partial charge in [-0.05, 0) is 37.1 Å². The van der Waals surface area contributed by atoms with E-state index in [0.29, 0.717) is 6.61 Å². The molecule has 0 aromatic heterocycles. The van der Waals surface area contributed by atoms with Crippen LogP contribution in [-0.2, 0) is 11.4 Å². The molecule has 104 valence electrons. The number of benzene rings is 2. The van der Waals surface area contributed by atoms with Crippen LogP contribution in [-0.4, -0.2) is 5.91 Å². The molecule has 1 amide bonds. The van der Waals surface area contributed by atoms with E-state index in [9.17, 15) is 4.79 Å². The topological polar surface area (TPSA) is 38.3 Å². The Bertz CT molecular complexity index is 606. The van der Waals surface area contributed by atoms with Crippen molar-refractivity contribution in [3.63, 3.8) is 0 Å². The SMILES string of the molecule is CC(=O)Nc1cc(C)cc(OCc2ccccc2)c1C. The van der Waals surface area contributed by atoms with Gasteiger partial charge in [0.2, 0.25) is 5.91 Å². The smallest absolute Gasteiger partial charge is 0.221 e. The lowest BCUT2D eigenvalue weighted by molar-refractivity contribution is -0.114. The fraction of sp³-hybridized carbons (Fsp3) is 0.235. The average Bonchev–Trinajstić information content (AvgIpc) is 2.41. The fourth-order valence-electron chi connectivity index (χ4n) is 2.03. The highest BCUT2D eigenvalue weighted by molar-refractivity contribution is 5.90. The van der Waals surface area contributed by atoms with E-state index in [1.807, 2.05) is 56.3 Å². The van der Waals surface area contributed by atoms with Gasteiger partial charge in [0.1, 0.15) is 12.4 Å². The molecule has 0 atom stereocenters. The van der Waals surface area contributed by atoms with E-state index in [0.717, 1.165) is 28.1 Å². The van der Waals surface area contributed by atoms with Crippen molar-refractivity contribution in [1.82, 2.24) is 0 Å². The van der Waals surface area contributed by atoms with Gasteiger partial charge in [-0.3, -0.25) is 4.79 Å². The fourth-order valence-corrected chi connectivity index (χ4v) is 2.03. The van der Waals surface area contributed by atoms with Crippen LogP contribution in [0.15, 0.2) is 42.5 Å². The van der Waals surface area contributed by atoms with Gasteiger partial charge in [0.25, 0.3) is 0 Å². The number of carbonyl (C=O) groups is 1. The summed E-state index contributed by atoms with van der Waals surface area (Å²) < 4.78 is 5.87. The second-order valence-electron chi connectivity index (χ2n) is 4.89. The zero-order valence-electron chi connectivity index (χ0n) is 12.1. The van der Waals surface area contributed by atoms with Crippen LogP contribution in [0.3, 0.4) is 0 Å². The lowest BCUT2D eigenvalue weighted by Gasteiger charge is -2.14. The van der Waals surface area contributed by atoms with Gasteiger partial charge in [-0.15, -0.1) is 0 Å². The maximum Gasteiger partial charge on any atom is 0.221 e. The predicted molar refractivity (Wildman–Crippen MR) is 81.0 cm³/mol. The van der Waals surface area contributed by atoms with Crippen molar-refractivity contribution in [3.8, 4) is 5.75 Å². The van der Waals surface area contributed by atoms with E-state index < -0.39 is 0 Å². The number of amides is 1. The molecule has 0 unspecified atom stereocenters. The number of hydrogen-bond donors (Lipinski definition) is 1. The van der Waals surface area contributed by atoms with Crippen molar-refractivity contribution in [2.45, 2.75) is 27.4 Å². The molecule has 0 aliphatic carbocycles. The molecule has 2 aromatic rings. The van der Waals surface area contributed by atoms with E-state index in [1.165, 1.54) is 6.92 Å². The van der Waals surface area contributed by atoms with Gasteiger partial charge >= 0.3 is 0 Å². The summed E-state index contributed by atoms with van der Waals surface area (Å²) in [4.78, 5) is 11.2. The van der Waals surface area contributed by atoms with Crippen molar-refractivity contribution in [1.29, 1.82) is 0 Å². The standard InChI is InChI=1S/C17H19NO2/c1-12-9-16(18-14(3)19)13(2)17(10-12)20-11-15-7-5-4-6-8-15/h4-10H,11H2,1-3H3,(H,18,19). The zero-order valence-corrected chi connectivity index (χ0v) is 12.1. The molecular weight excluding hydrogens is 250 g/mol. The molecule has 0 radical (unpaired) electrons. The minimum absolute atomic E-state index is 0.0762. The van der Waals surface area contributed by atoms with Crippen molar-refractivity contribution >= 4 is 11.6 Å². The quantitative estimate of drug-likeness (QED) is 0.915. The molecule has 1 N–H and O–H groups in total. The molecule has 0 bridgehead atoms. The third kappa shape index (κ3) is 3.60. The number of hydrogen-bond acceptors (Lipinski definition) is 2. The second-order valence-corrected chi connectivity index (χ2v) is 4.89. The number of aryl methyl sites for hydroxylation is 1. The van der Waals surface area contributed by atoms with Crippen LogP contribution in [0, 0.1) is 13.8 Å². The normalized spacial score (nSPS) is 10.2. The zero-order chi connectivity index (χ0) is 14.5. The van der Waals surface area contributed by atoms with Crippen molar-refractivity contribution in [2.24, 2.45) is 0 Å². The van der Waals surface area contributed by atoms with Crippen LogP contribution in [0.25, 0.3) is 0 Å². The van der Waals surface area contributed by atoms with Crippen LogP contribution in [0.4, 0.5) is 5.69 Å². The molecule has 0 spiro atoms. The summed E-state index contributed by atoms with van der Waals surface area (Å²) in [6.45, 7) is 5.96. The highest BCUT2D eigenvalue weighted by Crippen LogP contribution is 2.28. The van der Waals surface area contributed by atoms with Gasteiger partial charge in [-0.2, -0.15) is 0 Å². The molecule has 3 nitrogen and oxygen atoms in total. The van der Waals surface area contributed by atoms with E-state index in [2.05, 4.69) is 5.32 Å². The van der Waals surface area contributed by atoms with Crippen LogP contribution in [0.1, 0.15) is 23.6 Å². The second kappa shape index (κ2) is 6.24. The molecule has 20 heavy (non-hydrogen) atoms. The third-order valence-electron chi connectivity index (χ3n) is 3.05. The summed E-state index contributed by atoms with van der Waals surface area (Å²) in [7, 11) is 0. The summed E-state index contributed by atoms with van der Waals surface area (Å²) in [5.74, 6) is 0.727. The Morgan fingerprint density at radius 3 is 2.50 bits per heavy atom. The first kappa shape index (κ1) is 14.1. The summed E-state index contributed by atoms with van der Waals surface area (Å²) in [6, 6.07) is 14.0. The number of ether oxygens (including phenoxy) is 1. The first-order chi connectivity index (χ1) is 9.56. The summed E-state index contributed by atoms with van der Waals surface area (Å²) in [6.07, 6.45) is 0. The Morgan fingerprint density at radius 2 is 1.85 bits per heavy atom. The third-order valence-corrected chi connectivity index (χ3v) is 3.05. The van der Waals surface area contributed by atoms with Crippen molar-refractivity contribution < 1.29 is 9.53 Å². The first-order valence-corrected chi connectivity index (χ1v) is 6.62. The lowest BCUT2D eigenvalue weighted by Crippen LogP contribution is -2.08. The lowest BCUT2D eigenvalue weighted by atomic mass is 10.1. The Balaban J connectivity index is 2.19. The van der Waals surface area contributed by atoms with Gasteiger partial charge in [-0.1, -0.05) is 30.3 Å². The van der Waals surface area contributed by atoms with Crippen molar-refractivity contribution in [3.05, 3.63) is 59.2 Å². The van der Waals surface area contributed by atoms with Gasteiger partial charge in [-0.25, -0.2) is 0 Å². The van der Waals surface area contributed by atoms with Gasteiger partial charge in [0.15, 0.2) is 0 Å². The van der Waals surface area contributed by atoms with Crippen LogP contribution >= 0.6 is 0 Å². The Kier molecular flexibility index (Phi) is 4.41. The number of nitrogens with one attached hydrogen (secondary N) is 1. The molecule has 0 aliphatic heterocycles. The molecular formula is C17H19NO2. The molecule has 2 rings (SSSR count). The summed E-state index contributed by atoms with van der Waals surface area (Å²) in [5, 5.41) is 2.83. The largest absolute Gasteiger partial charge is 0.489 e. The Labute approximate surface area is 119 Å². The van der Waals surface area contributed by atoms with Crippen LogP contribution < -0.4 is 10.1 Å². The molecule has 0 aliphatic rings. The minimum atomic E-state index is -0.0762. The Morgan fingerprint density at radius 1 is 1.15 bits per heavy atom. The highest BCUT2D eigenvalue weighted by Gasteiger charge is 2.08. The minimum Gasteiger partial charge on any atom is -0.489 e. The predicted octanol–water partition coefficient (Wildman–Crippen LogP) is 3.84. The molecule has 2 aromatic carbocycles. The van der Waals surface area contributed by atoms with Crippen LogP contribution in [0.2, 0.25) is 0 Å². The molecule has 0 fully saturated rings. The maximum absolute atomic E-state index is 11.2. The van der Waals surface area contributed by atoms with E-state index in [4.69, 9.17) is 4.74 Å². The number of carbonyl (C=O) groups excluding carboxylic acids is 1. The maximum atomic E-state index is 11.2. The summed E-state index contributed by atoms with van der Waals surface area (Å²) >= 11 is 0. The molecule has 0 heterocycles. The van der Waals surface area contributed by atoms with Crippen molar-refractivity contribution in [2.75, 3.05) is 5.32 Å². The molecule has 0 saturated heterocycles. The van der Waals surface area contributed by atoms with Crippen LogP contribution in [0.5, 0.6) is 5.75 Å². The number of rotatable bonds is 4. The monoisotopic (exact) mass is 269 g/mol. The van der Waals surface area contributed by atoms with Gasteiger partial charge in [0, 0.05) is 18.2 Å². The summed E-state index contributed by atoms with van der Waals surface area (Å²) in [5.41, 5.74) is 3.93.